The zero-order chi connectivity index (χ0) is 24.8. The standard InChI is InChI=1S/C24H32FN3O4S/c1-6-22(24(30)26-17(2)3)27(15-19-9-7-18(4)8-10-19)23(29)16-28(33(5,31)32)21-13-11-20(25)12-14-21/h7-14,17,22H,6,15-16H2,1-5H3,(H,26,30)/t22-/m1/s1. The zero-order valence-electron chi connectivity index (χ0n) is 19.7. The number of nitrogens with zero attached hydrogens (tertiary/aromatic N) is 2. The van der Waals surface area contributed by atoms with Crippen LogP contribution in [0.3, 0.4) is 0 Å². The molecule has 2 rings (SSSR count). The van der Waals surface area contributed by atoms with Crippen molar-refractivity contribution in [1.29, 1.82) is 0 Å². The molecule has 1 N–H and O–H groups in total. The lowest BCUT2D eigenvalue weighted by atomic mass is 10.1. The minimum Gasteiger partial charge on any atom is -0.352 e. The first kappa shape index (κ1) is 26.3. The number of hydrogen-bond acceptors (Lipinski definition) is 4. The van der Waals surface area contributed by atoms with Gasteiger partial charge in [-0.05, 0) is 57.0 Å². The van der Waals surface area contributed by atoms with Crippen LogP contribution in [0.15, 0.2) is 48.5 Å². The summed E-state index contributed by atoms with van der Waals surface area (Å²) < 4.78 is 39.2. The third kappa shape index (κ3) is 7.56. The number of anilines is 1. The van der Waals surface area contributed by atoms with Gasteiger partial charge in [0.15, 0.2) is 0 Å². The third-order valence-corrected chi connectivity index (χ3v) is 6.22. The number of rotatable bonds is 10. The first-order chi connectivity index (χ1) is 15.4. The highest BCUT2D eigenvalue weighted by molar-refractivity contribution is 7.92. The number of benzene rings is 2. The molecule has 33 heavy (non-hydrogen) atoms. The van der Waals surface area contributed by atoms with Crippen LogP contribution in [0, 0.1) is 12.7 Å². The number of hydrogen-bond donors (Lipinski definition) is 1. The topological polar surface area (TPSA) is 86.8 Å². The summed E-state index contributed by atoms with van der Waals surface area (Å²) in [5.74, 6) is -1.35. The average Bonchev–Trinajstić information content (AvgIpc) is 2.72. The molecule has 9 heteroatoms. The predicted molar refractivity (Wildman–Crippen MR) is 128 cm³/mol. The third-order valence-electron chi connectivity index (χ3n) is 5.08. The van der Waals surface area contributed by atoms with E-state index in [1.165, 1.54) is 17.0 Å². The van der Waals surface area contributed by atoms with Gasteiger partial charge < -0.3 is 10.2 Å². The monoisotopic (exact) mass is 477 g/mol. The molecule has 0 saturated carbocycles. The average molecular weight is 478 g/mol. The second-order valence-corrected chi connectivity index (χ2v) is 10.2. The molecule has 0 saturated heterocycles. The number of halogens is 1. The summed E-state index contributed by atoms with van der Waals surface area (Å²) in [6.45, 7) is 7.04. The minimum absolute atomic E-state index is 0.116. The first-order valence-electron chi connectivity index (χ1n) is 10.8. The molecule has 0 aromatic heterocycles. The summed E-state index contributed by atoms with van der Waals surface area (Å²) in [5.41, 5.74) is 2.04. The van der Waals surface area contributed by atoms with E-state index in [-0.39, 0.29) is 24.2 Å². The van der Waals surface area contributed by atoms with Crippen LogP contribution in [0.25, 0.3) is 0 Å². The molecule has 1 atom stereocenters. The molecule has 0 unspecified atom stereocenters. The van der Waals surface area contributed by atoms with E-state index in [0.29, 0.717) is 6.42 Å². The van der Waals surface area contributed by atoms with Crippen LogP contribution < -0.4 is 9.62 Å². The molecule has 0 spiro atoms. The Kier molecular flexibility index (Phi) is 8.99. The Morgan fingerprint density at radius 1 is 1.03 bits per heavy atom. The van der Waals surface area contributed by atoms with Gasteiger partial charge in [0.1, 0.15) is 18.4 Å². The summed E-state index contributed by atoms with van der Waals surface area (Å²) in [4.78, 5) is 27.8. The summed E-state index contributed by atoms with van der Waals surface area (Å²) in [5, 5.41) is 2.84. The summed E-state index contributed by atoms with van der Waals surface area (Å²) in [6, 6.07) is 11.5. The number of aryl methyl sites for hydroxylation is 1. The lowest BCUT2D eigenvalue weighted by molar-refractivity contribution is -0.140. The quantitative estimate of drug-likeness (QED) is 0.569. The fourth-order valence-corrected chi connectivity index (χ4v) is 4.26. The van der Waals surface area contributed by atoms with Gasteiger partial charge in [0, 0.05) is 12.6 Å². The lowest BCUT2D eigenvalue weighted by Crippen LogP contribution is -2.53. The van der Waals surface area contributed by atoms with Gasteiger partial charge in [-0.15, -0.1) is 0 Å². The number of sulfonamides is 1. The van der Waals surface area contributed by atoms with Gasteiger partial charge in [0.2, 0.25) is 21.8 Å². The number of amides is 2. The molecule has 2 aromatic carbocycles. The molecular formula is C24H32FN3O4S. The second kappa shape index (κ2) is 11.3. The van der Waals surface area contributed by atoms with Crippen LogP contribution in [0.4, 0.5) is 10.1 Å². The van der Waals surface area contributed by atoms with E-state index in [4.69, 9.17) is 0 Å². The summed E-state index contributed by atoms with van der Waals surface area (Å²) in [6.07, 6.45) is 1.34. The van der Waals surface area contributed by atoms with Gasteiger partial charge >= 0.3 is 0 Å². The Morgan fingerprint density at radius 2 is 1.61 bits per heavy atom. The van der Waals surface area contributed by atoms with Crippen molar-refractivity contribution in [2.24, 2.45) is 0 Å². The van der Waals surface area contributed by atoms with E-state index in [0.717, 1.165) is 33.8 Å². The molecule has 0 aliphatic carbocycles. The SMILES string of the molecule is CC[C@H](C(=O)NC(C)C)N(Cc1ccc(C)cc1)C(=O)CN(c1ccc(F)cc1)S(C)(=O)=O. The Hall–Kier alpha value is -2.94. The van der Waals surface area contributed by atoms with Gasteiger partial charge in [0.25, 0.3) is 0 Å². The maximum absolute atomic E-state index is 13.5. The van der Waals surface area contributed by atoms with E-state index in [1.54, 1.807) is 6.92 Å². The van der Waals surface area contributed by atoms with Crippen molar-refractivity contribution >= 4 is 27.5 Å². The van der Waals surface area contributed by atoms with Crippen molar-refractivity contribution in [3.05, 3.63) is 65.5 Å². The number of carbonyl (C=O) groups excluding carboxylic acids is 2. The van der Waals surface area contributed by atoms with Crippen molar-refractivity contribution < 1.29 is 22.4 Å². The Labute approximate surface area is 195 Å². The van der Waals surface area contributed by atoms with Crippen molar-refractivity contribution in [3.8, 4) is 0 Å². The predicted octanol–water partition coefficient (Wildman–Crippen LogP) is 3.23. The van der Waals surface area contributed by atoms with Crippen LogP contribution in [0.2, 0.25) is 0 Å². The van der Waals surface area contributed by atoms with Crippen LogP contribution >= 0.6 is 0 Å². The molecular weight excluding hydrogens is 445 g/mol. The van der Waals surface area contributed by atoms with Crippen molar-refractivity contribution in [2.75, 3.05) is 17.1 Å². The molecule has 180 valence electrons. The molecule has 0 bridgehead atoms. The molecule has 0 aliphatic rings. The maximum Gasteiger partial charge on any atom is 0.244 e. The Morgan fingerprint density at radius 3 is 2.09 bits per heavy atom. The van der Waals surface area contributed by atoms with E-state index in [2.05, 4.69) is 5.32 Å². The van der Waals surface area contributed by atoms with Crippen molar-refractivity contribution in [2.45, 2.75) is 52.7 Å². The fraction of sp³-hybridized carbons (Fsp3) is 0.417. The zero-order valence-corrected chi connectivity index (χ0v) is 20.5. The fourth-order valence-electron chi connectivity index (χ4n) is 3.41. The molecule has 2 aromatic rings. The van der Waals surface area contributed by atoms with Crippen molar-refractivity contribution in [3.63, 3.8) is 0 Å². The highest BCUT2D eigenvalue weighted by Crippen LogP contribution is 2.20. The van der Waals surface area contributed by atoms with Crippen molar-refractivity contribution in [1.82, 2.24) is 10.2 Å². The largest absolute Gasteiger partial charge is 0.352 e. The van der Waals surface area contributed by atoms with E-state index in [1.807, 2.05) is 45.0 Å². The molecule has 2 amide bonds. The molecule has 0 aliphatic heterocycles. The first-order valence-corrected chi connectivity index (χ1v) is 12.7. The highest BCUT2D eigenvalue weighted by Gasteiger charge is 2.31. The molecule has 0 heterocycles. The van der Waals surface area contributed by atoms with E-state index < -0.39 is 34.3 Å². The van der Waals surface area contributed by atoms with Crippen LogP contribution in [-0.4, -0.2) is 50.0 Å². The highest BCUT2D eigenvalue weighted by atomic mass is 32.2. The smallest absolute Gasteiger partial charge is 0.244 e. The van der Waals surface area contributed by atoms with Gasteiger partial charge in [-0.3, -0.25) is 13.9 Å². The van der Waals surface area contributed by atoms with Crippen LogP contribution in [0.1, 0.15) is 38.3 Å². The lowest BCUT2D eigenvalue weighted by Gasteiger charge is -2.33. The van der Waals surface area contributed by atoms with E-state index in [9.17, 15) is 22.4 Å². The van der Waals surface area contributed by atoms with E-state index >= 15 is 0 Å². The van der Waals surface area contributed by atoms with Gasteiger partial charge in [-0.1, -0.05) is 36.8 Å². The Bertz CT molecular complexity index is 1050. The molecule has 7 nitrogen and oxygen atoms in total. The Balaban J connectivity index is 2.42. The maximum atomic E-state index is 13.5. The van der Waals surface area contributed by atoms with Gasteiger partial charge in [-0.2, -0.15) is 0 Å². The summed E-state index contributed by atoms with van der Waals surface area (Å²) in [7, 11) is -3.85. The minimum atomic E-state index is -3.85. The normalized spacial score (nSPS) is 12.3. The second-order valence-electron chi connectivity index (χ2n) is 8.34. The summed E-state index contributed by atoms with van der Waals surface area (Å²) >= 11 is 0. The van der Waals surface area contributed by atoms with Gasteiger partial charge in [0.05, 0.1) is 11.9 Å². The molecule has 0 fully saturated rings. The number of nitrogens with one attached hydrogen (secondary N) is 1. The van der Waals surface area contributed by atoms with Gasteiger partial charge in [-0.25, -0.2) is 12.8 Å². The van der Waals surface area contributed by atoms with Crippen LogP contribution in [-0.2, 0) is 26.2 Å². The number of carbonyl (C=O) groups is 2. The molecule has 0 radical (unpaired) electrons. The van der Waals surface area contributed by atoms with Crippen LogP contribution in [0.5, 0.6) is 0 Å².